The van der Waals surface area contributed by atoms with E-state index in [2.05, 4.69) is 19.2 Å². The number of ether oxygens (including phenoxy) is 1. The van der Waals surface area contributed by atoms with Crippen LogP contribution in [0.2, 0.25) is 5.02 Å². The highest BCUT2D eigenvalue weighted by molar-refractivity contribution is 7.10. The van der Waals surface area contributed by atoms with E-state index in [4.69, 9.17) is 16.3 Å². The van der Waals surface area contributed by atoms with E-state index in [0.717, 1.165) is 16.5 Å². The van der Waals surface area contributed by atoms with Gasteiger partial charge in [-0.05, 0) is 31.3 Å². The lowest BCUT2D eigenvalue weighted by Crippen LogP contribution is -2.35. The van der Waals surface area contributed by atoms with E-state index < -0.39 is 0 Å². The standard InChI is InChI=1S/C12H20ClNOS/c1-5-15-11(8(2)3)10(14-4)12-9(13)6-7-16-12/h6-8,10-11,14H,5H2,1-4H3. The quantitative estimate of drug-likeness (QED) is 0.843. The fourth-order valence-electron chi connectivity index (χ4n) is 1.84. The van der Waals surface area contributed by atoms with Crippen LogP contribution in [0, 0.1) is 5.92 Å². The minimum Gasteiger partial charge on any atom is -0.376 e. The van der Waals surface area contributed by atoms with E-state index in [9.17, 15) is 0 Å². The van der Waals surface area contributed by atoms with Crippen LogP contribution in [0.5, 0.6) is 0 Å². The number of hydrogen-bond donors (Lipinski definition) is 1. The Balaban J connectivity index is 2.90. The van der Waals surface area contributed by atoms with Gasteiger partial charge in [-0.15, -0.1) is 11.3 Å². The normalized spacial score (nSPS) is 15.4. The topological polar surface area (TPSA) is 21.3 Å². The number of hydrogen-bond acceptors (Lipinski definition) is 3. The van der Waals surface area contributed by atoms with Crippen molar-refractivity contribution in [2.24, 2.45) is 5.92 Å². The molecule has 16 heavy (non-hydrogen) atoms. The molecule has 4 heteroatoms. The lowest BCUT2D eigenvalue weighted by atomic mass is 9.98. The molecule has 1 heterocycles. The molecule has 1 aromatic rings. The highest BCUT2D eigenvalue weighted by Gasteiger charge is 2.27. The molecule has 1 aromatic heterocycles. The Kier molecular flexibility index (Phi) is 5.76. The van der Waals surface area contributed by atoms with Gasteiger partial charge in [0, 0.05) is 11.5 Å². The second kappa shape index (κ2) is 6.60. The van der Waals surface area contributed by atoms with Gasteiger partial charge in [0.05, 0.1) is 17.2 Å². The molecule has 0 aromatic carbocycles. The first-order valence-corrected chi connectivity index (χ1v) is 6.89. The molecule has 0 fully saturated rings. The highest BCUT2D eigenvalue weighted by Crippen LogP contribution is 2.33. The van der Waals surface area contributed by atoms with Gasteiger partial charge in [0.2, 0.25) is 0 Å². The summed E-state index contributed by atoms with van der Waals surface area (Å²) in [5.41, 5.74) is 0. The van der Waals surface area contributed by atoms with Crippen LogP contribution in [-0.4, -0.2) is 19.8 Å². The van der Waals surface area contributed by atoms with Crippen molar-refractivity contribution in [3.63, 3.8) is 0 Å². The summed E-state index contributed by atoms with van der Waals surface area (Å²) in [5, 5.41) is 6.16. The van der Waals surface area contributed by atoms with Gasteiger partial charge in [0.25, 0.3) is 0 Å². The average molecular weight is 262 g/mol. The predicted octanol–water partition coefficient (Wildman–Crippen LogP) is 3.72. The van der Waals surface area contributed by atoms with Gasteiger partial charge in [-0.2, -0.15) is 0 Å². The van der Waals surface area contributed by atoms with E-state index >= 15 is 0 Å². The zero-order chi connectivity index (χ0) is 12.1. The first-order valence-electron chi connectivity index (χ1n) is 5.63. The third-order valence-electron chi connectivity index (χ3n) is 2.58. The molecule has 92 valence electrons. The molecule has 1 N–H and O–H groups in total. The van der Waals surface area contributed by atoms with Crippen LogP contribution >= 0.6 is 22.9 Å². The number of likely N-dealkylation sites (N-methyl/N-ethyl adjacent to an activating group) is 1. The van der Waals surface area contributed by atoms with Crippen molar-refractivity contribution in [3.05, 3.63) is 21.3 Å². The smallest absolute Gasteiger partial charge is 0.0800 e. The van der Waals surface area contributed by atoms with Crippen LogP contribution in [0.25, 0.3) is 0 Å². The molecular formula is C12H20ClNOS. The van der Waals surface area contributed by atoms with Gasteiger partial charge in [-0.25, -0.2) is 0 Å². The molecule has 2 unspecified atom stereocenters. The summed E-state index contributed by atoms with van der Waals surface area (Å²) in [6.07, 6.45) is 0.158. The molecule has 1 rings (SSSR count). The highest BCUT2D eigenvalue weighted by atomic mass is 35.5. The Bertz CT molecular complexity index is 314. The van der Waals surface area contributed by atoms with Crippen LogP contribution in [0.1, 0.15) is 31.7 Å². The molecule has 0 amide bonds. The third-order valence-corrected chi connectivity index (χ3v) is 4.02. The minimum atomic E-state index is 0.158. The van der Waals surface area contributed by atoms with E-state index in [0.29, 0.717) is 5.92 Å². The van der Waals surface area contributed by atoms with Gasteiger partial charge in [0.1, 0.15) is 0 Å². The first kappa shape index (κ1) is 14.0. The zero-order valence-corrected chi connectivity index (χ0v) is 11.9. The van der Waals surface area contributed by atoms with Gasteiger partial charge in [0.15, 0.2) is 0 Å². The zero-order valence-electron chi connectivity index (χ0n) is 10.3. The van der Waals surface area contributed by atoms with Gasteiger partial charge < -0.3 is 10.1 Å². The van der Waals surface area contributed by atoms with Crippen molar-refractivity contribution in [3.8, 4) is 0 Å². The van der Waals surface area contributed by atoms with E-state index in [-0.39, 0.29) is 12.1 Å². The second-order valence-corrected chi connectivity index (χ2v) is 5.42. The maximum atomic E-state index is 6.18. The van der Waals surface area contributed by atoms with Crippen LogP contribution in [0.15, 0.2) is 11.4 Å². The fourth-order valence-corrected chi connectivity index (χ4v) is 3.16. The number of thiophene rings is 1. The minimum absolute atomic E-state index is 0.158. The summed E-state index contributed by atoms with van der Waals surface area (Å²) >= 11 is 7.86. The lowest BCUT2D eigenvalue weighted by Gasteiger charge is -2.29. The summed E-state index contributed by atoms with van der Waals surface area (Å²) in [7, 11) is 1.95. The van der Waals surface area contributed by atoms with E-state index in [1.807, 2.05) is 25.4 Å². The molecule has 0 saturated heterocycles. The summed E-state index contributed by atoms with van der Waals surface area (Å²) in [5.74, 6) is 0.454. The van der Waals surface area contributed by atoms with Crippen molar-refractivity contribution in [2.45, 2.75) is 32.9 Å². The summed E-state index contributed by atoms with van der Waals surface area (Å²) in [6.45, 7) is 7.10. The maximum Gasteiger partial charge on any atom is 0.0800 e. The molecule has 0 saturated carbocycles. The lowest BCUT2D eigenvalue weighted by molar-refractivity contribution is 0.00545. The fraction of sp³-hybridized carbons (Fsp3) is 0.667. The van der Waals surface area contributed by atoms with Gasteiger partial charge in [-0.1, -0.05) is 25.4 Å². The monoisotopic (exact) mass is 261 g/mol. The first-order chi connectivity index (χ1) is 7.61. The molecule has 0 aliphatic rings. The molecule has 0 aliphatic carbocycles. The van der Waals surface area contributed by atoms with Gasteiger partial charge in [-0.3, -0.25) is 0 Å². The summed E-state index contributed by atoms with van der Waals surface area (Å²) < 4.78 is 5.82. The predicted molar refractivity (Wildman–Crippen MR) is 71.4 cm³/mol. The Morgan fingerprint density at radius 2 is 2.19 bits per heavy atom. The Hall–Kier alpha value is -0.0900. The van der Waals surface area contributed by atoms with Gasteiger partial charge >= 0.3 is 0 Å². The second-order valence-electron chi connectivity index (χ2n) is 4.06. The van der Waals surface area contributed by atoms with Crippen molar-refractivity contribution in [1.29, 1.82) is 0 Å². The Morgan fingerprint density at radius 1 is 1.50 bits per heavy atom. The molecule has 0 spiro atoms. The average Bonchev–Trinajstić information content (AvgIpc) is 2.65. The molecule has 2 nitrogen and oxygen atoms in total. The molecule has 0 radical (unpaired) electrons. The SMILES string of the molecule is CCOC(C(C)C)C(NC)c1sccc1Cl. The van der Waals surface area contributed by atoms with Crippen molar-refractivity contribution in [2.75, 3.05) is 13.7 Å². The number of rotatable bonds is 6. The van der Waals surface area contributed by atoms with Crippen molar-refractivity contribution in [1.82, 2.24) is 5.32 Å². The van der Waals surface area contributed by atoms with Crippen LogP contribution < -0.4 is 5.32 Å². The van der Waals surface area contributed by atoms with Crippen LogP contribution in [0.3, 0.4) is 0 Å². The molecular weight excluding hydrogens is 242 g/mol. The van der Waals surface area contributed by atoms with Crippen molar-refractivity contribution >= 4 is 22.9 Å². The number of nitrogens with one attached hydrogen (secondary N) is 1. The largest absolute Gasteiger partial charge is 0.376 e. The molecule has 2 atom stereocenters. The summed E-state index contributed by atoms with van der Waals surface area (Å²) in [4.78, 5) is 1.16. The Labute approximate surface area is 107 Å². The van der Waals surface area contributed by atoms with Crippen LogP contribution in [-0.2, 0) is 4.74 Å². The Morgan fingerprint density at radius 3 is 2.56 bits per heavy atom. The number of halogens is 1. The van der Waals surface area contributed by atoms with Crippen molar-refractivity contribution < 1.29 is 4.74 Å². The molecule has 0 aliphatic heterocycles. The maximum absolute atomic E-state index is 6.18. The van der Waals surface area contributed by atoms with E-state index in [1.54, 1.807) is 11.3 Å². The van der Waals surface area contributed by atoms with E-state index in [1.165, 1.54) is 0 Å². The third kappa shape index (κ3) is 3.20. The molecule has 0 bridgehead atoms. The summed E-state index contributed by atoms with van der Waals surface area (Å²) in [6, 6.07) is 2.11. The van der Waals surface area contributed by atoms with Crippen LogP contribution in [0.4, 0.5) is 0 Å².